The third-order valence-corrected chi connectivity index (χ3v) is 4.27. The van der Waals surface area contributed by atoms with Gasteiger partial charge in [0.15, 0.2) is 11.4 Å². The fourth-order valence-corrected chi connectivity index (χ4v) is 2.97. The van der Waals surface area contributed by atoms with E-state index in [1.54, 1.807) is 17.6 Å². The van der Waals surface area contributed by atoms with Crippen molar-refractivity contribution in [1.82, 2.24) is 14.8 Å². The first-order valence-electron chi connectivity index (χ1n) is 8.45. The maximum Gasteiger partial charge on any atom is 0.315 e. The molecule has 0 aliphatic heterocycles. The Morgan fingerprint density at radius 3 is 2.63 bits per heavy atom. The minimum absolute atomic E-state index is 0.0326. The number of aromatic hydroxyl groups is 1. The topological polar surface area (TPSA) is 95.6 Å². The van der Waals surface area contributed by atoms with Gasteiger partial charge >= 0.3 is 5.91 Å². The third kappa shape index (κ3) is 3.22. The normalized spacial score (nSPS) is 11.4. The number of aryl methyl sites for hydroxylation is 1. The Kier molecular flexibility index (Phi) is 4.25. The molecular formula is C20H17N5O2. The van der Waals surface area contributed by atoms with Gasteiger partial charge in [0.05, 0.1) is 12.1 Å². The standard InChI is InChI=1S/C20H17N5O2/c1-13-11-16(22-21-13)19(26)24-23-18-15-9-5-6-10-17(15)25(20(18)27)12-14-7-3-2-4-8-14/h2-11,27H,12H2,1H3,(H,21,22). The molecule has 0 aliphatic rings. The Morgan fingerprint density at radius 2 is 1.89 bits per heavy atom. The van der Waals surface area contributed by atoms with Gasteiger partial charge in [0.2, 0.25) is 5.88 Å². The Bertz CT molecular complexity index is 1140. The molecule has 2 aromatic heterocycles. The Labute approximate surface area is 155 Å². The molecule has 4 aromatic rings. The van der Waals surface area contributed by atoms with Gasteiger partial charge in [-0.2, -0.15) is 5.10 Å². The summed E-state index contributed by atoms with van der Waals surface area (Å²) in [6.07, 6.45) is 0. The third-order valence-electron chi connectivity index (χ3n) is 4.27. The number of aromatic nitrogens is 3. The summed E-state index contributed by atoms with van der Waals surface area (Å²) in [6.45, 7) is 2.28. The summed E-state index contributed by atoms with van der Waals surface area (Å²) in [5.74, 6) is -0.603. The van der Waals surface area contributed by atoms with Crippen molar-refractivity contribution in [1.29, 1.82) is 0 Å². The quantitative estimate of drug-likeness (QED) is 0.530. The lowest BCUT2D eigenvalue weighted by Gasteiger charge is -2.06. The fraction of sp³-hybridized carbons (Fsp3) is 0.100. The molecule has 0 unspecified atom stereocenters. The Hall–Kier alpha value is -3.74. The molecule has 27 heavy (non-hydrogen) atoms. The molecule has 2 N–H and O–H groups in total. The van der Waals surface area contributed by atoms with Crippen LogP contribution in [0.2, 0.25) is 0 Å². The van der Waals surface area contributed by atoms with Crippen LogP contribution in [0.3, 0.4) is 0 Å². The molecule has 7 nitrogen and oxygen atoms in total. The van der Waals surface area contributed by atoms with E-state index in [0.29, 0.717) is 6.54 Å². The molecule has 7 heteroatoms. The number of nitrogens with one attached hydrogen (secondary N) is 1. The van der Waals surface area contributed by atoms with E-state index in [2.05, 4.69) is 20.4 Å². The molecule has 0 spiro atoms. The lowest BCUT2D eigenvalue weighted by atomic mass is 10.2. The van der Waals surface area contributed by atoms with Crippen molar-refractivity contribution in [2.24, 2.45) is 10.2 Å². The second kappa shape index (κ2) is 6.87. The fourth-order valence-electron chi connectivity index (χ4n) is 2.97. The van der Waals surface area contributed by atoms with Crippen LogP contribution < -0.4 is 0 Å². The lowest BCUT2D eigenvalue weighted by molar-refractivity contribution is 0.0990. The average molecular weight is 359 g/mol. The van der Waals surface area contributed by atoms with Crippen molar-refractivity contribution >= 4 is 22.5 Å². The van der Waals surface area contributed by atoms with Crippen LogP contribution in [0.15, 0.2) is 70.9 Å². The number of rotatable bonds is 4. The number of carbonyl (C=O) groups excluding carboxylic acids is 1. The number of azo groups is 1. The zero-order chi connectivity index (χ0) is 18.8. The predicted molar refractivity (Wildman–Crippen MR) is 101 cm³/mol. The first kappa shape index (κ1) is 16.7. The van der Waals surface area contributed by atoms with Crippen LogP contribution in [0, 0.1) is 6.92 Å². The molecule has 0 saturated carbocycles. The van der Waals surface area contributed by atoms with Crippen molar-refractivity contribution < 1.29 is 9.90 Å². The molecule has 0 radical (unpaired) electrons. The summed E-state index contributed by atoms with van der Waals surface area (Å²) in [4.78, 5) is 12.1. The number of hydrogen-bond donors (Lipinski definition) is 2. The van der Waals surface area contributed by atoms with E-state index < -0.39 is 5.91 Å². The summed E-state index contributed by atoms with van der Waals surface area (Å²) < 4.78 is 1.75. The minimum Gasteiger partial charge on any atom is -0.493 e. The number of hydrogen-bond acceptors (Lipinski definition) is 4. The van der Waals surface area contributed by atoms with Gasteiger partial charge in [-0.1, -0.05) is 48.5 Å². The molecule has 0 saturated heterocycles. The van der Waals surface area contributed by atoms with Gasteiger partial charge in [-0.3, -0.25) is 9.89 Å². The number of fused-ring (bicyclic) bond motifs is 1. The van der Waals surface area contributed by atoms with Crippen molar-refractivity contribution in [2.45, 2.75) is 13.5 Å². The number of aromatic amines is 1. The Balaban J connectivity index is 1.74. The average Bonchev–Trinajstić information content (AvgIpc) is 3.23. The van der Waals surface area contributed by atoms with Crippen LogP contribution in [0.25, 0.3) is 10.9 Å². The van der Waals surface area contributed by atoms with E-state index in [4.69, 9.17) is 0 Å². The maximum atomic E-state index is 12.1. The number of benzene rings is 2. The molecule has 2 heterocycles. The lowest BCUT2D eigenvalue weighted by Crippen LogP contribution is -1.98. The molecule has 4 rings (SSSR count). The van der Waals surface area contributed by atoms with Crippen LogP contribution >= 0.6 is 0 Å². The van der Waals surface area contributed by atoms with Crippen molar-refractivity contribution in [3.8, 4) is 5.88 Å². The summed E-state index contributed by atoms with van der Waals surface area (Å²) in [5.41, 5.74) is 3.07. The predicted octanol–water partition coefficient (Wildman–Crippen LogP) is 4.35. The highest BCUT2D eigenvalue weighted by Crippen LogP contribution is 2.39. The van der Waals surface area contributed by atoms with Crippen LogP contribution in [0.5, 0.6) is 5.88 Å². The summed E-state index contributed by atoms with van der Waals surface area (Å²) in [6, 6.07) is 18.9. The van der Waals surface area contributed by atoms with E-state index >= 15 is 0 Å². The van der Waals surface area contributed by atoms with Crippen molar-refractivity contribution in [3.63, 3.8) is 0 Å². The zero-order valence-electron chi connectivity index (χ0n) is 14.6. The molecule has 1 amide bonds. The van der Waals surface area contributed by atoms with Crippen LogP contribution in [0.1, 0.15) is 21.7 Å². The maximum absolute atomic E-state index is 12.1. The van der Waals surface area contributed by atoms with E-state index in [0.717, 1.165) is 22.2 Å². The van der Waals surface area contributed by atoms with Crippen LogP contribution in [-0.4, -0.2) is 25.8 Å². The number of para-hydroxylation sites is 1. The van der Waals surface area contributed by atoms with Gasteiger partial charge in [0.25, 0.3) is 0 Å². The summed E-state index contributed by atoms with van der Waals surface area (Å²) in [5, 5.41) is 25.8. The first-order valence-corrected chi connectivity index (χ1v) is 8.45. The van der Waals surface area contributed by atoms with Gasteiger partial charge in [0, 0.05) is 11.1 Å². The van der Waals surface area contributed by atoms with Crippen LogP contribution in [0.4, 0.5) is 5.69 Å². The Morgan fingerprint density at radius 1 is 1.15 bits per heavy atom. The van der Waals surface area contributed by atoms with Crippen molar-refractivity contribution in [3.05, 3.63) is 77.6 Å². The highest BCUT2D eigenvalue weighted by atomic mass is 16.3. The van der Waals surface area contributed by atoms with Gasteiger partial charge < -0.3 is 9.67 Å². The number of nitrogens with zero attached hydrogens (tertiary/aromatic N) is 4. The number of amides is 1. The van der Waals surface area contributed by atoms with E-state index in [9.17, 15) is 9.90 Å². The minimum atomic E-state index is -0.571. The summed E-state index contributed by atoms with van der Waals surface area (Å²) in [7, 11) is 0. The second-order valence-electron chi connectivity index (χ2n) is 6.20. The molecule has 134 valence electrons. The van der Waals surface area contributed by atoms with Crippen molar-refractivity contribution in [2.75, 3.05) is 0 Å². The summed E-state index contributed by atoms with van der Waals surface area (Å²) >= 11 is 0. The first-order chi connectivity index (χ1) is 13.1. The van der Waals surface area contributed by atoms with E-state index in [1.165, 1.54) is 0 Å². The molecular weight excluding hydrogens is 342 g/mol. The number of carbonyl (C=O) groups is 1. The molecule has 0 aliphatic carbocycles. The SMILES string of the molecule is Cc1cc(C(=O)N=Nc2c(O)n(Cc3ccccc3)c3ccccc23)n[nH]1. The highest BCUT2D eigenvalue weighted by molar-refractivity contribution is 5.96. The molecule has 0 atom stereocenters. The highest BCUT2D eigenvalue weighted by Gasteiger charge is 2.17. The van der Waals surface area contributed by atoms with E-state index in [1.807, 2.05) is 54.6 Å². The van der Waals surface area contributed by atoms with E-state index in [-0.39, 0.29) is 17.3 Å². The molecule has 0 fully saturated rings. The van der Waals surface area contributed by atoms with Crippen LogP contribution in [-0.2, 0) is 6.54 Å². The largest absolute Gasteiger partial charge is 0.493 e. The van der Waals surface area contributed by atoms with Gasteiger partial charge in [0.1, 0.15) is 0 Å². The van der Waals surface area contributed by atoms with Gasteiger partial charge in [-0.15, -0.1) is 10.2 Å². The molecule has 2 aromatic carbocycles. The van der Waals surface area contributed by atoms with Gasteiger partial charge in [-0.05, 0) is 24.6 Å². The number of H-pyrrole nitrogens is 1. The van der Waals surface area contributed by atoms with Gasteiger partial charge in [-0.25, -0.2) is 0 Å². The monoisotopic (exact) mass is 359 g/mol. The smallest absolute Gasteiger partial charge is 0.315 e. The molecule has 0 bridgehead atoms. The zero-order valence-corrected chi connectivity index (χ0v) is 14.6. The second-order valence-corrected chi connectivity index (χ2v) is 6.20.